The molecule has 0 amide bonds. The molecule has 0 fully saturated rings. The van der Waals surface area contributed by atoms with Crippen LogP contribution in [0.3, 0.4) is 0 Å². The van der Waals surface area contributed by atoms with Gasteiger partial charge in [0, 0.05) is 22.7 Å². The van der Waals surface area contributed by atoms with Crippen LogP contribution in [0.2, 0.25) is 0 Å². The maximum atomic E-state index is 12.6. The lowest BCUT2D eigenvalue weighted by Crippen LogP contribution is -2.21. The van der Waals surface area contributed by atoms with E-state index in [1.54, 1.807) is 31.4 Å². The standard InChI is InChI=1S/C17H15N3O3S/c1-18-17(21)11-5-7-14-13(9-11)12-6-4-10-3-2-8-19-15(10)16(12)20-24(14,22)23/h2-9,17-18,20-21H,1H3. The molecule has 2 heterocycles. The molecule has 3 aromatic rings. The summed E-state index contributed by atoms with van der Waals surface area (Å²) in [5.74, 6) is 0. The first-order valence-electron chi connectivity index (χ1n) is 7.41. The number of nitrogens with one attached hydrogen (secondary N) is 2. The van der Waals surface area contributed by atoms with Gasteiger partial charge in [-0.1, -0.05) is 24.3 Å². The Morgan fingerprint density at radius 3 is 2.79 bits per heavy atom. The number of sulfonamides is 1. The van der Waals surface area contributed by atoms with Gasteiger partial charge in [-0.3, -0.25) is 15.0 Å². The second kappa shape index (κ2) is 5.27. The second-order valence-corrected chi connectivity index (χ2v) is 7.27. The van der Waals surface area contributed by atoms with Gasteiger partial charge >= 0.3 is 0 Å². The SMILES string of the molecule is CNC(O)c1ccc2c(c1)-c1ccc3cccnc3c1NS2(=O)=O. The van der Waals surface area contributed by atoms with Crippen molar-refractivity contribution < 1.29 is 13.5 Å². The van der Waals surface area contributed by atoms with Crippen molar-refractivity contribution in [3.05, 3.63) is 54.2 Å². The molecule has 0 saturated heterocycles. The predicted octanol–water partition coefficient (Wildman–Crippen LogP) is 2.23. The molecule has 1 aromatic heterocycles. The van der Waals surface area contributed by atoms with Crippen molar-refractivity contribution in [2.45, 2.75) is 11.1 Å². The molecule has 0 spiro atoms. The fourth-order valence-corrected chi connectivity index (χ4v) is 4.28. The Hall–Kier alpha value is -2.48. The normalized spacial score (nSPS) is 16.1. The zero-order chi connectivity index (χ0) is 16.9. The summed E-state index contributed by atoms with van der Waals surface area (Å²) in [6, 6.07) is 12.3. The Kier molecular flexibility index (Phi) is 3.31. The quantitative estimate of drug-likeness (QED) is 0.622. The molecule has 0 bridgehead atoms. The van der Waals surface area contributed by atoms with Gasteiger partial charge in [0.25, 0.3) is 10.0 Å². The van der Waals surface area contributed by atoms with Gasteiger partial charge in [-0.25, -0.2) is 8.42 Å². The van der Waals surface area contributed by atoms with E-state index in [1.165, 1.54) is 6.07 Å². The van der Waals surface area contributed by atoms with Gasteiger partial charge < -0.3 is 5.11 Å². The van der Waals surface area contributed by atoms with Crippen LogP contribution in [0.5, 0.6) is 0 Å². The number of aromatic nitrogens is 1. The highest BCUT2D eigenvalue weighted by atomic mass is 32.2. The van der Waals surface area contributed by atoms with Crippen LogP contribution >= 0.6 is 0 Å². The van der Waals surface area contributed by atoms with Crippen molar-refractivity contribution in [1.82, 2.24) is 10.3 Å². The van der Waals surface area contributed by atoms with Crippen LogP contribution in [0, 0.1) is 0 Å². The summed E-state index contributed by atoms with van der Waals surface area (Å²) in [4.78, 5) is 4.51. The number of hydrogen-bond donors (Lipinski definition) is 3. The Morgan fingerprint density at radius 1 is 1.17 bits per heavy atom. The third-order valence-corrected chi connectivity index (χ3v) is 5.59. The van der Waals surface area contributed by atoms with E-state index in [-0.39, 0.29) is 4.90 Å². The summed E-state index contributed by atoms with van der Waals surface area (Å²) in [5.41, 5.74) is 2.97. The highest BCUT2D eigenvalue weighted by Crippen LogP contribution is 2.42. The summed E-state index contributed by atoms with van der Waals surface area (Å²) in [7, 11) is -2.06. The molecule has 1 aliphatic heterocycles. The van der Waals surface area contributed by atoms with Crippen LogP contribution in [-0.2, 0) is 10.0 Å². The van der Waals surface area contributed by atoms with Crippen molar-refractivity contribution in [2.75, 3.05) is 11.8 Å². The van der Waals surface area contributed by atoms with E-state index >= 15 is 0 Å². The summed E-state index contributed by atoms with van der Waals surface area (Å²) < 4.78 is 27.9. The Morgan fingerprint density at radius 2 is 2.00 bits per heavy atom. The molecule has 1 unspecified atom stereocenters. The zero-order valence-electron chi connectivity index (χ0n) is 12.8. The van der Waals surface area contributed by atoms with Gasteiger partial charge in [-0.05, 0) is 30.8 Å². The van der Waals surface area contributed by atoms with E-state index < -0.39 is 16.3 Å². The first-order chi connectivity index (χ1) is 11.5. The Labute approximate surface area is 139 Å². The Bertz CT molecular complexity index is 1060. The molecule has 1 atom stereocenters. The van der Waals surface area contributed by atoms with E-state index in [9.17, 15) is 13.5 Å². The van der Waals surface area contributed by atoms with Crippen LogP contribution < -0.4 is 10.0 Å². The predicted molar refractivity (Wildman–Crippen MR) is 92.0 cm³/mol. The molecule has 122 valence electrons. The number of hydrogen-bond acceptors (Lipinski definition) is 5. The largest absolute Gasteiger partial charge is 0.374 e. The summed E-state index contributed by atoms with van der Waals surface area (Å²) in [5, 5.41) is 13.6. The Balaban J connectivity index is 2.06. The van der Waals surface area contributed by atoms with Gasteiger partial charge in [0.1, 0.15) is 6.23 Å². The second-order valence-electron chi connectivity index (χ2n) is 5.62. The van der Waals surface area contributed by atoms with Crippen molar-refractivity contribution in [3.63, 3.8) is 0 Å². The fraction of sp³-hybridized carbons (Fsp3) is 0.118. The smallest absolute Gasteiger partial charge is 0.262 e. The zero-order valence-corrected chi connectivity index (χ0v) is 13.6. The summed E-state index contributed by atoms with van der Waals surface area (Å²) in [6.07, 6.45) is 0.767. The van der Waals surface area contributed by atoms with Crippen molar-refractivity contribution in [3.8, 4) is 11.1 Å². The van der Waals surface area contributed by atoms with Crippen LogP contribution in [0.25, 0.3) is 22.0 Å². The van der Waals surface area contributed by atoms with Gasteiger partial charge in [-0.2, -0.15) is 0 Å². The highest BCUT2D eigenvalue weighted by Gasteiger charge is 2.29. The highest BCUT2D eigenvalue weighted by molar-refractivity contribution is 7.93. The van der Waals surface area contributed by atoms with Gasteiger partial charge in [0.15, 0.2) is 0 Å². The van der Waals surface area contributed by atoms with Gasteiger partial charge in [0.05, 0.1) is 16.1 Å². The maximum absolute atomic E-state index is 12.6. The van der Waals surface area contributed by atoms with Crippen molar-refractivity contribution in [2.24, 2.45) is 0 Å². The minimum Gasteiger partial charge on any atom is -0.374 e. The number of rotatable bonds is 2. The van der Waals surface area contributed by atoms with E-state index in [0.29, 0.717) is 22.3 Å². The summed E-state index contributed by atoms with van der Waals surface area (Å²) in [6.45, 7) is 0. The van der Waals surface area contributed by atoms with Crippen molar-refractivity contribution in [1.29, 1.82) is 0 Å². The molecule has 2 aromatic carbocycles. The van der Waals surface area contributed by atoms with Gasteiger partial charge in [0.2, 0.25) is 0 Å². The first kappa shape index (κ1) is 15.1. The van der Waals surface area contributed by atoms with E-state index in [1.807, 2.05) is 18.2 Å². The number of aliphatic hydroxyl groups is 1. The lowest BCUT2D eigenvalue weighted by Gasteiger charge is -2.24. The molecule has 0 radical (unpaired) electrons. The third-order valence-electron chi connectivity index (χ3n) is 4.18. The number of benzene rings is 2. The lowest BCUT2D eigenvalue weighted by molar-refractivity contribution is 0.149. The van der Waals surface area contributed by atoms with E-state index in [4.69, 9.17) is 0 Å². The summed E-state index contributed by atoms with van der Waals surface area (Å²) >= 11 is 0. The molecule has 7 heteroatoms. The topological polar surface area (TPSA) is 91.3 Å². The van der Waals surface area contributed by atoms with E-state index in [2.05, 4.69) is 15.0 Å². The minimum atomic E-state index is -3.69. The van der Waals surface area contributed by atoms with Crippen LogP contribution in [-0.4, -0.2) is 25.6 Å². The molecule has 0 saturated carbocycles. The third kappa shape index (κ3) is 2.17. The molecular weight excluding hydrogens is 326 g/mol. The molecule has 3 N–H and O–H groups in total. The van der Waals surface area contributed by atoms with Crippen LogP contribution in [0.15, 0.2) is 53.6 Å². The molecular formula is C17H15N3O3S. The number of aliphatic hydroxyl groups excluding tert-OH is 1. The maximum Gasteiger partial charge on any atom is 0.262 e. The number of fused-ring (bicyclic) bond motifs is 5. The first-order valence-corrected chi connectivity index (χ1v) is 8.90. The van der Waals surface area contributed by atoms with Crippen molar-refractivity contribution >= 4 is 26.6 Å². The van der Waals surface area contributed by atoms with Crippen LogP contribution in [0.1, 0.15) is 11.8 Å². The molecule has 0 aliphatic carbocycles. The number of anilines is 1. The van der Waals surface area contributed by atoms with E-state index in [0.717, 1.165) is 10.9 Å². The fourth-order valence-electron chi connectivity index (χ4n) is 2.99. The molecule has 24 heavy (non-hydrogen) atoms. The number of pyridine rings is 1. The molecule has 1 aliphatic rings. The lowest BCUT2D eigenvalue weighted by atomic mass is 9.98. The van der Waals surface area contributed by atoms with Gasteiger partial charge in [-0.15, -0.1) is 0 Å². The average Bonchev–Trinajstić information content (AvgIpc) is 2.60. The number of nitrogens with zero attached hydrogens (tertiary/aromatic N) is 1. The average molecular weight is 341 g/mol. The molecule has 6 nitrogen and oxygen atoms in total. The van der Waals surface area contributed by atoms with Crippen LogP contribution in [0.4, 0.5) is 5.69 Å². The molecule has 4 rings (SSSR count). The minimum absolute atomic E-state index is 0.192. The monoisotopic (exact) mass is 341 g/mol.